The van der Waals surface area contributed by atoms with Gasteiger partial charge < -0.3 is 24.8 Å². The number of ether oxygens (including phenoxy) is 3. The Bertz CT molecular complexity index is 443. The number of methoxy groups -OCH3 is 2. The summed E-state index contributed by atoms with van der Waals surface area (Å²) in [6.45, 7) is 4.33. The van der Waals surface area contributed by atoms with Crippen molar-refractivity contribution in [3.05, 3.63) is 23.9 Å². The van der Waals surface area contributed by atoms with Crippen LogP contribution in [0.5, 0.6) is 5.88 Å². The first kappa shape index (κ1) is 21.9. The van der Waals surface area contributed by atoms with Crippen LogP contribution in [0.4, 0.5) is 0 Å². The minimum Gasteiger partial charge on any atom is -0.475 e. The number of aromatic nitrogens is 1. The van der Waals surface area contributed by atoms with Crippen LogP contribution < -0.4 is 15.4 Å². The predicted molar refractivity (Wildman–Crippen MR) is 102 cm³/mol. The van der Waals surface area contributed by atoms with E-state index in [1.165, 1.54) is 0 Å². The van der Waals surface area contributed by atoms with Crippen molar-refractivity contribution in [3.8, 4) is 5.88 Å². The fourth-order valence-corrected chi connectivity index (χ4v) is 1.74. The average Bonchev–Trinajstić information content (AvgIpc) is 2.53. The number of halogens is 1. The Morgan fingerprint density at radius 1 is 1.26 bits per heavy atom. The summed E-state index contributed by atoms with van der Waals surface area (Å²) in [4.78, 5) is 8.42. The van der Waals surface area contributed by atoms with E-state index < -0.39 is 0 Å². The van der Waals surface area contributed by atoms with Crippen molar-refractivity contribution < 1.29 is 14.2 Å². The quantitative estimate of drug-likeness (QED) is 0.263. The van der Waals surface area contributed by atoms with E-state index in [9.17, 15) is 0 Å². The molecule has 1 heterocycles. The summed E-state index contributed by atoms with van der Waals surface area (Å²) in [6.07, 6.45) is 1.78. The molecule has 0 aliphatic carbocycles. The van der Waals surface area contributed by atoms with Gasteiger partial charge in [0.25, 0.3) is 0 Å². The smallest absolute Gasteiger partial charge is 0.213 e. The fraction of sp³-hybridized carbons (Fsp3) is 0.600. The van der Waals surface area contributed by atoms with E-state index in [1.54, 1.807) is 27.5 Å². The van der Waals surface area contributed by atoms with Crippen molar-refractivity contribution in [1.29, 1.82) is 0 Å². The van der Waals surface area contributed by atoms with E-state index in [-0.39, 0.29) is 30.0 Å². The largest absolute Gasteiger partial charge is 0.475 e. The van der Waals surface area contributed by atoms with E-state index in [0.29, 0.717) is 32.2 Å². The van der Waals surface area contributed by atoms with Crippen molar-refractivity contribution in [2.75, 3.05) is 41.1 Å². The number of rotatable bonds is 9. The topological polar surface area (TPSA) is 77.0 Å². The molecule has 0 fully saturated rings. The van der Waals surface area contributed by atoms with Crippen LogP contribution in [0.25, 0.3) is 0 Å². The highest BCUT2D eigenvalue weighted by Gasteiger charge is 2.04. The Hall–Kier alpha value is -1.13. The van der Waals surface area contributed by atoms with E-state index >= 15 is 0 Å². The molecule has 0 radical (unpaired) electrons. The molecule has 0 amide bonds. The SMILES string of the molecule is CN=C(NCc1ccc(OCCOC)nc1)NC(C)COC.I. The van der Waals surface area contributed by atoms with Crippen molar-refractivity contribution in [2.45, 2.75) is 19.5 Å². The van der Waals surface area contributed by atoms with Crippen LogP contribution in [-0.2, 0) is 16.0 Å². The third-order valence-corrected chi connectivity index (χ3v) is 2.82. The standard InChI is InChI=1S/C15H26N4O3.HI/c1-12(11-21-4)19-15(16-2)18-10-13-5-6-14(17-9-13)22-8-7-20-3;/h5-6,9,12H,7-8,10-11H2,1-4H3,(H2,16,18,19);1H. The summed E-state index contributed by atoms with van der Waals surface area (Å²) >= 11 is 0. The second-order valence-electron chi connectivity index (χ2n) is 4.77. The van der Waals surface area contributed by atoms with Crippen molar-refractivity contribution >= 4 is 29.9 Å². The molecule has 0 spiro atoms. The lowest BCUT2D eigenvalue weighted by Gasteiger charge is -2.17. The van der Waals surface area contributed by atoms with Gasteiger partial charge in [0.15, 0.2) is 5.96 Å². The Kier molecular flexibility index (Phi) is 12.7. The zero-order valence-electron chi connectivity index (χ0n) is 14.2. The Labute approximate surface area is 155 Å². The zero-order valence-corrected chi connectivity index (χ0v) is 16.5. The highest BCUT2D eigenvalue weighted by Crippen LogP contribution is 2.07. The monoisotopic (exact) mass is 438 g/mol. The van der Waals surface area contributed by atoms with Gasteiger partial charge in [0.2, 0.25) is 5.88 Å². The Morgan fingerprint density at radius 3 is 2.61 bits per heavy atom. The molecule has 0 aromatic carbocycles. The Morgan fingerprint density at radius 2 is 2.04 bits per heavy atom. The van der Waals surface area contributed by atoms with E-state index in [2.05, 4.69) is 20.6 Å². The first-order chi connectivity index (χ1) is 10.7. The summed E-state index contributed by atoms with van der Waals surface area (Å²) in [5, 5.41) is 6.47. The summed E-state index contributed by atoms with van der Waals surface area (Å²) in [6, 6.07) is 4.00. The summed E-state index contributed by atoms with van der Waals surface area (Å²) in [5.41, 5.74) is 1.04. The lowest BCUT2D eigenvalue weighted by molar-refractivity contribution is 0.143. The molecular weight excluding hydrogens is 411 g/mol. The number of guanidine groups is 1. The third kappa shape index (κ3) is 9.57. The molecular formula is C15H27IN4O3. The first-order valence-corrected chi connectivity index (χ1v) is 7.22. The second kappa shape index (κ2) is 13.3. The molecule has 8 heteroatoms. The summed E-state index contributed by atoms with van der Waals surface area (Å²) < 4.78 is 15.4. The van der Waals surface area contributed by atoms with Gasteiger partial charge in [-0.1, -0.05) is 6.07 Å². The second-order valence-corrected chi connectivity index (χ2v) is 4.77. The maximum Gasteiger partial charge on any atom is 0.213 e. The van der Waals surface area contributed by atoms with Crippen molar-refractivity contribution in [3.63, 3.8) is 0 Å². The minimum atomic E-state index is 0. The Balaban J connectivity index is 0.00000484. The fourth-order valence-electron chi connectivity index (χ4n) is 1.74. The van der Waals surface area contributed by atoms with Gasteiger partial charge in [-0.2, -0.15) is 0 Å². The maximum atomic E-state index is 5.42. The summed E-state index contributed by atoms with van der Waals surface area (Å²) in [7, 11) is 5.05. The summed E-state index contributed by atoms with van der Waals surface area (Å²) in [5.74, 6) is 1.32. The lowest BCUT2D eigenvalue weighted by Crippen LogP contribution is -2.43. The van der Waals surface area contributed by atoms with Gasteiger partial charge in [-0.15, -0.1) is 24.0 Å². The van der Waals surface area contributed by atoms with Crippen LogP contribution in [-0.4, -0.2) is 58.1 Å². The van der Waals surface area contributed by atoms with Gasteiger partial charge in [0, 0.05) is 46.1 Å². The van der Waals surface area contributed by atoms with E-state index in [0.717, 1.165) is 11.5 Å². The van der Waals surface area contributed by atoms with Gasteiger partial charge in [0.05, 0.1) is 13.2 Å². The van der Waals surface area contributed by atoms with Crippen LogP contribution in [0, 0.1) is 0 Å². The highest BCUT2D eigenvalue weighted by molar-refractivity contribution is 14.0. The predicted octanol–water partition coefficient (Wildman–Crippen LogP) is 1.42. The van der Waals surface area contributed by atoms with Crippen LogP contribution in [0.2, 0.25) is 0 Å². The van der Waals surface area contributed by atoms with E-state index in [4.69, 9.17) is 14.2 Å². The molecule has 1 rings (SSSR count). The average molecular weight is 438 g/mol. The molecule has 1 aromatic rings. The van der Waals surface area contributed by atoms with Crippen LogP contribution in [0.1, 0.15) is 12.5 Å². The maximum absolute atomic E-state index is 5.42. The van der Waals surface area contributed by atoms with Gasteiger partial charge in [-0.3, -0.25) is 4.99 Å². The number of pyridine rings is 1. The molecule has 1 atom stereocenters. The lowest BCUT2D eigenvalue weighted by atomic mass is 10.3. The van der Waals surface area contributed by atoms with Crippen LogP contribution >= 0.6 is 24.0 Å². The molecule has 0 saturated heterocycles. The molecule has 1 unspecified atom stereocenters. The number of nitrogens with zero attached hydrogens (tertiary/aromatic N) is 2. The number of nitrogens with one attached hydrogen (secondary N) is 2. The molecule has 0 aliphatic heterocycles. The third-order valence-electron chi connectivity index (χ3n) is 2.82. The number of hydrogen-bond donors (Lipinski definition) is 2. The molecule has 0 saturated carbocycles. The number of aliphatic imine (C=N–C) groups is 1. The normalized spacial score (nSPS) is 12.3. The van der Waals surface area contributed by atoms with Crippen molar-refractivity contribution in [1.82, 2.24) is 15.6 Å². The minimum absolute atomic E-state index is 0. The van der Waals surface area contributed by atoms with Gasteiger partial charge in [0.1, 0.15) is 6.61 Å². The van der Waals surface area contributed by atoms with Gasteiger partial charge in [-0.25, -0.2) is 4.98 Å². The van der Waals surface area contributed by atoms with Crippen molar-refractivity contribution in [2.24, 2.45) is 4.99 Å². The molecule has 7 nitrogen and oxygen atoms in total. The molecule has 0 aliphatic rings. The highest BCUT2D eigenvalue weighted by atomic mass is 127. The van der Waals surface area contributed by atoms with E-state index in [1.807, 2.05) is 19.1 Å². The number of hydrogen-bond acceptors (Lipinski definition) is 5. The zero-order chi connectivity index (χ0) is 16.2. The first-order valence-electron chi connectivity index (χ1n) is 7.22. The molecule has 2 N–H and O–H groups in total. The van der Waals surface area contributed by atoms with Gasteiger partial charge in [-0.05, 0) is 12.5 Å². The molecule has 132 valence electrons. The molecule has 0 bridgehead atoms. The molecule has 23 heavy (non-hydrogen) atoms. The molecule has 1 aromatic heterocycles. The van der Waals surface area contributed by atoms with Gasteiger partial charge >= 0.3 is 0 Å². The van der Waals surface area contributed by atoms with Crippen LogP contribution in [0.15, 0.2) is 23.3 Å². The van der Waals surface area contributed by atoms with Crippen LogP contribution in [0.3, 0.4) is 0 Å².